The van der Waals surface area contributed by atoms with Crippen molar-refractivity contribution < 1.29 is 22.7 Å². The molecule has 0 aliphatic heterocycles. The van der Waals surface area contributed by atoms with Crippen LogP contribution >= 0.6 is 0 Å². The van der Waals surface area contributed by atoms with Crippen molar-refractivity contribution in [1.82, 2.24) is 0 Å². The molecule has 8 heteroatoms. The van der Waals surface area contributed by atoms with Crippen LogP contribution < -0.4 is 5.32 Å². The maximum absolute atomic E-state index is 13.1. The Balaban J connectivity index is 1.70. The number of sulfonamides is 1. The Hall–Kier alpha value is -4.04. The monoisotopic (exact) mass is 488 g/mol. The molecule has 0 unspecified atom stereocenters. The van der Waals surface area contributed by atoms with Gasteiger partial charge < -0.3 is 10.1 Å². The van der Waals surface area contributed by atoms with Crippen LogP contribution in [0.2, 0.25) is 0 Å². The van der Waals surface area contributed by atoms with E-state index in [1.54, 1.807) is 67.6 Å². The number of hydrogen-bond donors (Lipinski definition) is 1. The molecule has 0 bridgehead atoms. The van der Waals surface area contributed by atoms with Gasteiger partial charge in [0.05, 0.1) is 28.5 Å². The minimum absolute atomic E-state index is 0.0778. The molecular formula is C27H24N2O5S. The predicted octanol–water partition coefficient (Wildman–Crippen LogP) is 4.80. The molecule has 0 heterocycles. The number of nitrogens with zero attached hydrogens (tertiary/aromatic N) is 1. The van der Waals surface area contributed by atoms with Crippen LogP contribution in [0.15, 0.2) is 93.9 Å². The Morgan fingerprint density at radius 2 is 1.57 bits per heavy atom. The molecule has 0 fully saturated rings. The van der Waals surface area contributed by atoms with Crippen molar-refractivity contribution in [1.29, 1.82) is 0 Å². The lowest BCUT2D eigenvalue weighted by molar-refractivity contribution is 0.0526. The van der Waals surface area contributed by atoms with Gasteiger partial charge in [0, 0.05) is 16.8 Å². The van der Waals surface area contributed by atoms with Crippen molar-refractivity contribution in [3.63, 3.8) is 0 Å². The molecule has 0 aromatic heterocycles. The van der Waals surface area contributed by atoms with Crippen LogP contribution in [0.5, 0.6) is 0 Å². The average molecular weight is 489 g/mol. The Morgan fingerprint density at radius 1 is 0.914 bits per heavy atom. The number of ketones is 1. The molecule has 7 nitrogen and oxygen atoms in total. The second kappa shape index (κ2) is 10.1. The molecular weight excluding hydrogens is 464 g/mol. The van der Waals surface area contributed by atoms with Crippen LogP contribution in [0.1, 0.15) is 45.7 Å². The van der Waals surface area contributed by atoms with E-state index in [0.717, 1.165) is 12.0 Å². The van der Waals surface area contributed by atoms with Gasteiger partial charge in [0.15, 0.2) is 0 Å². The first-order valence-electron chi connectivity index (χ1n) is 11.2. The maximum atomic E-state index is 13.1. The van der Waals surface area contributed by atoms with E-state index in [-0.39, 0.29) is 28.7 Å². The highest BCUT2D eigenvalue weighted by molar-refractivity contribution is 7.90. The summed E-state index contributed by atoms with van der Waals surface area (Å²) in [6, 6.07) is 19.8. The van der Waals surface area contributed by atoms with Crippen molar-refractivity contribution in [2.45, 2.75) is 25.2 Å². The summed E-state index contributed by atoms with van der Waals surface area (Å²) < 4.78 is 35.2. The topological polar surface area (TPSA) is 102 Å². The fraction of sp³-hybridized carbons (Fsp3) is 0.148. The first kappa shape index (κ1) is 24.1. The number of carbonyl (C=O) groups excluding carboxylic acids is 2. The summed E-state index contributed by atoms with van der Waals surface area (Å²) in [4.78, 5) is 25.1. The zero-order valence-electron chi connectivity index (χ0n) is 19.3. The van der Waals surface area contributed by atoms with Gasteiger partial charge in [-0.3, -0.25) is 4.79 Å². The number of anilines is 1. The number of allylic oxidation sites excluding steroid dienone is 2. The quantitative estimate of drug-likeness (QED) is 0.480. The number of ether oxygens (including phenoxy) is 1. The second-order valence-corrected chi connectivity index (χ2v) is 9.41. The fourth-order valence-corrected chi connectivity index (χ4v) is 4.63. The minimum Gasteiger partial charge on any atom is -0.462 e. The number of hydrogen-bond acceptors (Lipinski definition) is 6. The zero-order chi connectivity index (χ0) is 25.0. The molecule has 3 aromatic rings. The van der Waals surface area contributed by atoms with Gasteiger partial charge in [-0.1, -0.05) is 43.3 Å². The number of esters is 1. The first-order valence-corrected chi connectivity index (χ1v) is 12.6. The third kappa shape index (κ3) is 5.22. The zero-order valence-corrected chi connectivity index (χ0v) is 20.1. The number of Topliss-reactive ketones (excluding diaryl/α,β-unsaturated/α-hetero) is 1. The van der Waals surface area contributed by atoms with Crippen LogP contribution in [-0.4, -0.2) is 32.5 Å². The summed E-state index contributed by atoms with van der Waals surface area (Å²) in [7, 11) is -4.01. The van der Waals surface area contributed by atoms with Gasteiger partial charge in [0.2, 0.25) is 5.78 Å². The first-order chi connectivity index (χ1) is 16.8. The summed E-state index contributed by atoms with van der Waals surface area (Å²) >= 11 is 0. The highest BCUT2D eigenvalue weighted by Gasteiger charge is 2.26. The number of carbonyl (C=O) groups is 2. The van der Waals surface area contributed by atoms with E-state index in [0.29, 0.717) is 22.4 Å². The van der Waals surface area contributed by atoms with Gasteiger partial charge >= 0.3 is 5.97 Å². The van der Waals surface area contributed by atoms with Crippen molar-refractivity contribution in [2.24, 2.45) is 4.40 Å². The van der Waals surface area contributed by atoms with Crippen LogP contribution in [0.4, 0.5) is 5.69 Å². The molecule has 0 atom stereocenters. The van der Waals surface area contributed by atoms with Crippen molar-refractivity contribution >= 4 is 33.2 Å². The lowest BCUT2D eigenvalue weighted by Gasteiger charge is -2.19. The second-order valence-electron chi connectivity index (χ2n) is 7.80. The van der Waals surface area contributed by atoms with Crippen molar-refractivity contribution in [3.05, 3.63) is 107 Å². The van der Waals surface area contributed by atoms with Gasteiger partial charge in [0.1, 0.15) is 0 Å². The van der Waals surface area contributed by atoms with E-state index in [9.17, 15) is 18.0 Å². The average Bonchev–Trinajstić information content (AvgIpc) is 2.87. The SMILES string of the molecule is CCOC(=O)c1ccc(NC2=C/C(=N\S(=O)(=O)c3ccc(CC)cc3)c3ccccc3C2=O)cc1. The van der Waals surface area contributed by atoms with Crippen LogP contribution in [0.25, 0.3) is 0 Å². The predicted molar refractivity (Wildman–Crippen MR) is 134 cm³/mol. The highest BCUT2D eigenvalue weighted by Crippen LogP contribution is 2.25. The molecule has 1 aliphatic carbocycles. The summed E-state index contributed by atoms with van der Waals surface area (Å²) in [5.74, 6) is -0.730. The molecule has 0 radical (unpaired) electrons. The van der Waals surface area contributed by atoms with E-state index in [1.807, 2.05) is 6.92 Å². The van der Waals surface area contributed by atoms with E-state index in [2.05, 4.69) is 9.71 Å². The van der Waals surface area contributed by atoms with Gasteiger partial charge in [-0.15, -0.1) is 0 Å². The van der Waals surface area contributed by atoms with Crippen LogP contribution in [0.3, 0.4) is 0 Å². The van der Waals surface area contributed by atoms with Gasteiger partial charge in [0.25, 0.3) is 10.0 Å². The number of fused-ring (bicyclic) bond motifs is 1. The Labute approximate surface area is 204 Å². The Bertz CT molecular complexity index is 1440. The van der Waals surface area contributed by atoms with Crippen LogP contribution in [0, 0.1) is 0 Å². The van der Waals surface area contributed by atoms with E-state index >= 15 is 0 Å². The molecule has 4 rings (SSSR count). The molecule has 0 saturated heterocycles. The molecule has 178 valence electrons. The number of nitrogens with one attached hydrogen (secondary N) is 1. The van der Waals surface area contributed by atoms with Crippen molar-refractivity contribution in [2.75, 3.05) is 11.9 Å². The minimum atomic E-state index is -4.01. The third-order valence-corrected chi connectivity index (χ3v) is 6.80. The number of benzene rings is 3. The molecule has 0 amide bonds. The highest BCUT2D eigenvalue weighted by atomic mass is 32.2. The number of rotatable bonds is 7. The smallest absolute Gasteiger partial charge is 0.338 e. The molecule has 0 spiro atoms. The summed E-state index contributed by atoms with van der Waals surface area (Å²) in [5.41, 5.74) is 3.06. The van der Waals surface area contributed by atoms with Crippen molar-refractivity contribution in [3.8, 4) is 0 Å². The van der Waals surface area contributed by atoms with E-state index in [4.69, 9.17) is 4.74 Å². The normalized spacial score (nSPS) is 14.3. The maximum Gasteiger partial charge on any atom is 0.338 e. The van der Waals surface area contributed by atoms with E-state index < -0.39 is 16.0 Å². The summed E-state index contributed by atoms with van der Waals surface area (Å²) in [5, 5.41) is 3.02. The lowest BCUT2D eigenvalue weighted by Crippen LogP contribution is -2.22. The fourth-order valence-electron chi connectivity index (χ4n) is 3.64. The molecule has 35 heavy (non-hydrogen) atoms. The molecule has 0 saturated carbocycles. The largest absolute Gasteiger partial charge is 0.462 e. The van der Waals surface area contributed by atoms with Gasteiger partial charge in [-0.2, -0.15) is 12.8 Å². The standard InChI is InChI=1S/C27H24N2O5S/c1-3-18-9-15-21(16-10-18)35(32,33)29-24-17-25(26(30)23-8-6-5-7-22(23)24)28-20-13-11-19(12-14-20)27(31)34-4-2/h5-17,28H,3-4H2,1-2H3/b29-24+. The summed E-state index contributed by atoms with van der Waals surface area (Å²) in [6.07, 6.45) is 2.23. The molecule has 1 N–H and O–H groups in total. The number of aryl methyl sites for hydroxylation is 1. The molecule has 3 aromatic carbocycles. The molecule has 1 aliphatic rings. The Kier molecular flexibility index (Phi) is 6.93. The Morgan fingerprint density at radius 3 is 2.20 bits per heavy atom. The summed E-state index contributed by atoms with van der Waals surface area (Å²) in [6.45, 7) is 3.99. The van der Waals surface area contributed by atoms with Gasteiger partial charge in [-0.25, -0.2) is 4.79 Å². The lowest BCUT2D eigenvalue weighted by atomic mass is 9.92. The van der Waals surface area contributed by atoms with E-state index in [1.165, 1.54) is 18.2 Å². The van der Waals surface area contributed by atoms with Crippen LogP contribution in [-0.2, 0) is 21.2 Å². The van der Waals surface area contributed by atoms with Gasteiger partial charge in [-0.05, 0) is 61.4 Å². The third-order valence-electron chi connectivity index (χ3n) is 5.50.